The Morgan fingerprint density at radius 2 is 1.82 bits per heavy atom. The first-order valence-electron chi connectivity index (χ1n) is 6.85. The minimum atomic E-state index is -3.63. The Morgan fingerprint density at radius 3 is 2.50 bits per heavy atom. The van der Waals surface area contributed by atoms with Gasteiger partial charge in [-0.15, -0.1) is 0 Å². The third kappa shape index (κ3) is 4.22. The molecule has 2 aromatic carbocycles. The van der Waals surface area contributed by atoms with Crippen LogP contribution in [-0.2, 0) is 10.0 Å². The number of hydrogen-bond acceptors (Lipinski definition) is 4. The van der Waals surface area contributed by atoms with Crippen LogP contribution in [0.1, 0.15) is 5.56 Å². The Morgan fingerprint density at radius 1 is 1.09 bits per heavy atom. The number of ether oxygens (including phenoxy) is 2. The zero-order valence-electron chi connectivity index (χ0n) is 12.6. The smallest absolute Gasteiger partial charge is 0.244 e. The molecule has 0 saturated heterocycles. The SMILES string of the molecule is COc1ccc(C)cc1S(=O)(=O)NCCOc1ccccc1. The van der Waals surface area contributed by atoms with Gasteiger partial charge in [0, 0.05) is 6.54 Å². The topological polar surface area (TPSA) is 64.6 Å². The molecule has 0 fully saturated rings. The van der Waals surface area contributed by atoms with Crippen LogP contribution < -0.4 is 14.2 Å². The molecule has 6 heteroatoms. The Bertz CT molecular complexity index is 714. The molecule has 0 aliphatic heterocycles. The van der Waals surface area contributed by atoms with Gasteiger partial charge < -0.3 is 9.47 Å². The Kier molecular flexibility index (Phi) is 5.41. The van der Waals surface area contributed by atoms with E-state index in [1.165, 1.54) is 7.11 Å². The van der Waals surface area contributed by atoms with E-state index >= 15 is 0 Å². The van der Waals surface area contributed by atoms with Crippen LogP contribution >= 0.6 is 0 Å². The maximum Gasteiger partial charge on any atom is 0.244 e. The molecule has 118 valence electrons. The van der Waals surface area contributed by atoms with Crippen molar-refractivity contribution >= 4 is 10.0 Å². The number of hydrogen-bond donors (Lipinski definition) is 1. The lowest BCUT2D eigenvalue weighted by atomic mass is 10.2. The average molecular weight is 321 g/mol. The maximum atomic E-state index is 12.3. The molecule has 0 saturated carbocycles. The highest BCUT2D eigenvalue weighted by atomic mass is 32.2. The summed E-state index contributed by atoms with van der Waals surface area (Å²) in [6.45, 7) is 2.25. The van der Waals surface area contributed by atoms with Crippen LogP contribution in [-0.4, -0.2) is 28.7 Å². The minimum Gasteiger partial charge on any atom is -0.495 e. The minimum absolute atomic E-state index is 0.134. The zero-order valence-corrected chi connectivity index (χ0v) is 13.4. The Balaban J connectivity index is 1.98. The number of aryl methyl sites for hydroxylation is 1. The Labute approximate surface area is 130 Å². The largest absolute Gasteiger partial charge is 0.495 e. The van der Waals surface area contributed by atoms with Crippen LogP contribution in [0.15, 0.2) is 53.4 Å². The van der Waals surface area contributed by atoms with Crippen molar-refractivity contribution < 1.29 is 17.9 Å². The lowest BCUT2D eigenvalue weighted by Gasteiger charge is -2.12. The highest BCUT2D eigenvalue weighted by Crippen LogP contribution is 2.24. The monoisotopic (exact) mass is 321 g/mol. The molecule has 0 aromatic heterocycles. The van der Waals surface area contributed by atoms with Crippen molar-refractivity contribution in [3.8, 4) is 11.5 Å². The van der Waals surface area contributed by atoms with Crippen molar-refractivity contribution in [2.24, 2.45) is 0 Å². The van der Waals surface area contributed by atoms with E-state index in [1.807, 2.05) is 37.3 Å². The van der Waals surface area contributed by atoms with Crippen molar-refractivity contribution in [3.63, 3.8) is 0 Å². The van der Waals surface area contributed by atoms with E-state index in [-0.39, 0.29) is 18.0 Å². The summed E-state index contributed by atoms with van der Waals surface area (Å²) in [4.78, 5) is 0.134. The molecule has 0 heterocycles. The van der Waals surface area contributed by atoms with E-state index in [1.54, 1.807) is 18.2 Å². The van der Waals surface area contributed by atoms with E-state index in [9.17, 15) is 8.42 Å². The van der Waals surface area contributed by atoms with E-state index in [4.69, 9.17) is 9.47 Å². The first-order chi connectivity index (χ1) is 10.5. The number of rotatable bonds is 7. The van der Waals surface area contributed by atoms with Gasteiger partial charge >= 0.3 is 0 Å². The quantitative estimate of drug-likeness (QED) is 0.795. The molecular weight excluding hydrogens is 302 g/mol. The summed E-state index contributed by atoms with van der Waals surface area (Å²) in [5, 5.41) is 0. The number of methoxy groups -OCH3 is 1. The molecule has 0 atom stereocenters. The third-order valence-electron chi connectivity index (χ3n) is 3.01. The van der Waals surface area contributed by atoms with Crippen LogP contribution in [0.5, 0.6) is 11.5 Å². The second-order valence-electron chi connectivity index (χ2n) is 4.71. The second kappa shape index (κ2) is 7.29. The van der Waals surface area contributed by atoms with E-state index in [0.717, 1.165) is 5.56 Å². The van der Waals surface area contributed by atoms with Crippen molar-refractivity contribution in [1.82, 2.24) is 4.72 Å². The van der Waals surface area contributed by atoms with Crippen molar-refractivity contribution in [3.05, 3.63) is 54.1 Å². The van der Waals surface area contributed by atoms with Gasteiger partial charge in [0.2, 0.25) is 10.0 Å². The predicted octanol–water partition coefficient (Wildman–Crippen LogP) is 2.36. The van der Waals surface area contributed by atoms with Gasteiger partial charge in [-0.3, -0.25) is 0 Å². The standard InChI is InChI=1S/C16H19NO4S/c1-13-8-9-15(20-2)16(12-13)22(18,19)17-10-11-21-14-6-4-3-5-7-14/h3-9,12,17H,10-11H2,1-2H3. The molecule has 0 aliphatic rings. The van der Waals surface area contributed by atoms with Gasteiger partial charge in [0.15, 0.2) is 0 Å². The van der Waals surface area contributed by atoms with Crippen LogP contribution in [0.4, 0.5) is 0 Å². The van der Waals surface area contributed by atoms with Crippen LogP contribution in [0.2, 0.25) is 0 Å². The lowest BCUT2D eigenvalue weighted by Crippen LogP contribution is -2.28. The molecule has 5 nitrogen and oxygen atoms in total. The summed E-state index contributed by atoms with van der Waals surface area (Å²) in [6.07, 6.45) is 0. The number of nitrogens with one attached hydrogen (secondary N) is 1. The summed E-state index contributed by atoms with van der Waals surface area (Å²) < 4.78 is 37.7. The Hall–Kier alpha value is -2.05. The molecule has 0 radical (unpaired) electrons. The molecule has 0 spiro atoms. The maximum absolute atomic E-state index is 12.3. The first-order valence-corrected chi connectivity index (χ1v) is 8.33. The highest BCUT2D eigenvalue weighted by molar-refractivity contribution is 7.89. The average Bonchev–Trinajstić information content (AvgIpc) is 2.52. The third-order valence-corrected chi connectivity index (χ3v) is 4.50. The molecular formula is C16H19NO4S. The number of para-hydroxylation sites is 1. The summed E-state index contributed by atoms with van der Waals surface area (Å²) in [5.41, 5.74) is 0.849. The summed E-state index contributed by atoms with van der Waals surface area (Å²) in [6, 6.07) is 14.3. The van der Waals surface area contributed by atoms with Crippen molar-refractivity contribution in [1.29, 1.82) is 0 Å². The number of benzene rings is 2. The summed E-state index contributed by atoms with van der Waals surface area (Å²) in [7, 11) is -2.19. The molecule has 0 unspecified atom stereocenters. The zero-order chi connectivity index (χ0) is 16.0. The van der Waals surface area contributed by atoms with Gasteiger partial charge in [0.25, 0.3) is 0 Å². The van der Waals surface area contributed by atoms with E-state index in [2.05, 4.69) is 4.72 Å². The normalized spacial score (nSPS) is 11.2. The lowest BCUT2D eigenvalue weighted by molar-refractivity contribution is 0.322. The van der Waals surface area contributed by atoms with Gasteiger partial charge in [-0.1, -0.05) is 24.3 Å². The molecule has 1 N–H and O–H groups in total. The molecule has 0 aliphatic carbocycles. The fourth-order valence-corrected chi connectivity index (χ4v) is 3.20. The van der Waals surface area contributed by atoms with Crippen LogP contribution in [0, 0.1) is 6.92 Å². The number of sulfonamides is 1. The fraction of sp³-hybridized carbons (Fsp3) is 0.250. The van der Waals surface area contributed by atoms with E-state index in [0.29, 0.717) is 11.5 Å². The second-order valence-corrected chi connectivity index (χ2v) is 6.45. The molecule has 2 rings (SSSR count). The summed E-state index contributed by atoms with van der Waals surface area (Å²) >= 11 is 0. The predicted molar refractivity (Wildman–Crippen MR) is 84.9 cm³/mol. The highest BCUT2D eigenvalue weighted by Gasteiger charge is 2.19. The van der Waals surface area contributed by atoms with Gasteiger partial charge in [0.05, 0.1) is 7.11 Å². The first kappa shape index (κ1) is 16.3. The van der Waals surface area contributed by atoms with Crippen molar-refractivity contribution in [2.75, 3.05) is 20.3 Å². The fourth-order valence-electron chi connectivity index (χ4n) is 1.93. The van der Waals surface area contributed by atoms with Crippen molar-refractivity contribution in [2.45, 2.75) is 11.8 Å². The van der Waals surface area contributed by atoms with E-state index < -0.39 is 10.0 Å². The van der Waals surface area contributed by atoms with Crippen LogP contribution in [0.3, 0.4) is 0 Å². The summed E-state index contributed by atoms with van der Waals surface area (Å²) in [5.74, 6) is 1.02. The van der Waals surface area contributed by atoms with Crippen LogP contribution in [0.25, 0.3) is 0 Å². The molecule has 0 bridgehead atoms. The van der Waals surface area contributed by atoms with Gasteiger partial charge in [-0.25, -0.2) is 13.1 Å². The molecule has 2 aromatic rings. The van der Waals surface area contributed by atoms with Gasteiger partial charge in [0.1, 0.15) is 23.0 Å². The van der Waals surface area contributed by atoms with Gasteiger partial charge in [-0.05, 0) is 36.8 Å². The molecule has 0 amide bonds. The van der Waals surface area contributed by atoms with Gasteiger partial charge in [-0.2, -0.15) is 0 Å². The molecule has 22 heavy (non-hydrogen) atoms.